The highest BCUT2D eigenvalue weighted by Crippen LogP contribution is 2.32. The van der Waals surface area contributed by atoms with Crippen molar-refractivity contribution in [3.8, 4) is 0 Å². The molecule has 152 valence electrons. The SMILES string of the molecule is CCn1ccc(CN(C)C(=O)c2cc(S(=O)(=O)N3CCCC3)c(Cl)cc2Cl)n1. The molecule has 0 atom stereocenters. The van der Waals surface area contributed by atoms with Crippen LogP contribution in [0.5, 0.6) is 0 Å². The average Bonchev–Trinajstić information content (AvgIpc) is 3.33. The van der Waals surface area contributed by atoms with Crippen LogP contribution >= 0.6 is 23.2 Å². The lowest BCUT2D eigenvalue weighted by molar-refractivity contribution is 0.0783. The van der Waals surface area contributed by atoms with E-state index in [0.29, 0.717) is 13.1 Å². The van der Waals surface area contributed by atoms with Gasteiger partial charge in [-0.3, -0.25) is 9.48 Å². The maximum atomic E-state index is 12.9. The molecular formula is C18H22Cl2N4O3S. The van der Waals surface area contributed by atoms with Crippen LogP contribution in [0.4, 0.5) is 0 Å². The van der Waals surface area contributed by atoms with Crippen LogP contribution in [0.1, 0.15) is 35.8 Å². The minimum absolute atomic E-state index is 0.0118. The van der Waals surface area contributed by atoms with Crippen molar-refractivity contribution in [3.63, 3.8) is 0 Å². The van der Waals surface area contributed by atoms with E-state index < -0.39 is 15.9 Å². The van der Waals surface area contributed by atoms with Crippen LogP contribution in [0.3, 0.4) is 0 Å². The van der Waals surface area contributed by atoms with E-state index in [9.17, 15) is 13.2 Å². The third kappa shape index (κ3) is 4.20. The van der Waals surface area contributed by atoms with Gasteiger partial charge in [-0.2, -0.15) is 9.40 Å². The molecule has 2 heterocycles. The van der Waals surface area contributed by atoms with Gasteiger partial charge in [0.15, 0.2) is 0 Å². The Balaban J connectivity index is 1.89. The number of carbonyl (C=O) groups excluding carboxylic acids is 1. The van der Waals surface area contributed by atoms with E-state index in [2.05, 4.69) is 5.10 Å². The van der Waals surface area contributed by atoms with Crippen LogP contribution < -0.4 is 0 Å². The van der Waals surface area contributed by atoms with Gasteiger partial charge in [0.2, 0.25) is 10.0 Å². The fraction of sp³-hybridized carbons (Fsp3) is 0.444. The summed E-state index contributed by atoms with van der Waals surface area (Å²) in [4.78, 5) is 14.3. The van der Waals surface area contributed by atoms with E-state index in [0.717, 1.165) is 25.1 Å². The van der Waals surface area contributed by atoms with Crippen molar-refractivity contribution >= 4 is 39.1 Å². The number of carbonyl (C=O) groups is 1. The first-order valence-electron chi connectivity index (χ1n) is 9.01. The third-order valence-electron chi connectivity index (χ3n) is 4.70. The average molecular weight is 445 g/mol. The highest BCUT2D eigenvalue weighted by molar-refractivity contribution is 7.89. The first-order valence-corrected chi connectivity index (χ1v) is 11.2. The lowest BCUT2D eigenvalue weighted by atomic mass is 10.2. The number of sulfonamides is 1. The molecule has 1 aromatic carbocycles. The van der Waals surface area contributed by atoms with Crippen molar-refractivity contribution in [2.45, 2.75) is 37.8 Å². The molecule has 2 aromatic rings. The third-order valence-corrected chi connectivity index (χ3v) is 7.38. The number of amides is 1. The van der Waals surface area contributed by atoms with Gasteiger partial charge in [0.1, 0.15) is 4.90 Å². The molecule has 0 radical (unpaired) electrons. The smallest absolute Gasteiger partial charge is 0.255 e. The molecule has 10 heteroatoms. The second-order valence-electron chi connectivity index (χ2n) is 6.70. The predicted molar refractivity (Wildman–Crippen MR) is 108 cm³/mol. The molecule has 0 aliphatic carbocycles. The molecule has 1 fully saturated rings. The van der Waals surface area contributed by atoms with Crippen molar-refractivity contribution in [2.24, 2.45) is 0 Å². The van der Waals surface area contributed by atoms with Gasteiger partial charge in [-0.1, -0.05) is 23.2 Å². The Kier molecular flexibility index (Phi) is 6.34. The van der Waals surface area contributed by atoms with E-state index in [1.165, 1.54) is 21.3 Å². The van der Waals surface area contributed by atoms with Crippen LogP contribution in [0, 0.1) is 0 Å². The summed E-state index contributed by atoms with van der Waals surface area (Å²) < 4.78 is 29.0. The minimum Gasteiger partial charge on any atom is -0.336 e. The van der Waals surface area contributed by atoms with Crippen LogP contribution in [-0.4, -0.2) is 53.4 Å². The fourth-order valence-corrected chi connectivity index (χ4v) is 5.49. The number of aryl methyl sites for hydroxylation is 1. The summed E-state index contributed by atoms with van der Waals surface area (Å²) in [6.45, 7) is 3.88. The molecule has 28 heavy (non-hydrogen) atoms. The Hall–Kier alpha value is -1.61. The first kappa shape index (κ1) is 21.1. The quantitative estimate of drug-likeness (QED) is 0.684. The van der Waals surface area contributed by atoms with E-state index >= 15 is 0 Å². The van der Waals surface area contributed by atoms with Crippen LogP contribution in [0.15, 0.2) is 29.3 Å². The standard InChI is InChI=1S/C18H22Cl2N4O3S/c1-3-23-9-6-13(21-23)12-22(2)18(25)14-10-17(16(20)11-15(14)19)28(26,27)24-7-4-5-8-24/h6,9-11H,3-5,7-8,12H2,1-2H3. The predicted octanol–water partition coefficient (Wildman–Crippen LogP) is 3.27. The number of hydrogen-bond donors (Lipinski definition) is 0. The lowest BCUT2D eigenvalue weighted by Crippen LogP contribution is -2.29. The summed E-state index contributed by atoms with van der Waals surface area (Å²) in [6.07, 6.45) is 3.45. The maximum absolute atomic E-state index is 12.9. The Morgan fingerprint density at radius 3 is 2.50 bits per heavy atom. The number of hydrogen-bond acceptors (Lipinski definition) is 4. The summed E-state index contributed by atoms with van der Waals surface area (Å²) in [5.74, 6) is -0.398. The molecule has 1 amide bonds. The van der Waals surface area contributed by atoms with Gasteiger partial charge >= 0.3 is 0 Å². The number of halogens is 2. The van der Waals surface area contributed by atoms with E-state index in [1.807, 2.05) is 19.2 Å². The normalized spacial score (nSPS) is 15.1. The van der Waals surface area contributed by atoms with Gasteiger partial charge in [-0.05, 0) is 38.0 Å². The highest BCUT2D eigenvalue weighted by atomic mass is 35.5. The molecule has 1 aromatic heterocycles. The lowest BCUT2D eigenvalue weighted by Gasteiger charge is -2.20. The number of rotatable bonds is 6. The molecule has 0 spiro atoms. The molecule has 1 aliphatic rings. The Bertz CT molecular complexity index is 985. The Morgan fingerprint density at radius 1 is 1.21 bits per heavy atom. The zero-order valence-corrected chi connectivity index (χ0v) is 18.1. The van der Waals surface area contributed by atoms with Crippen molar-refractivity contribution in [2.75, 3.05) is 20.1 Å². The van der Waals surface area contributed by atoms with E-state index in [-0.39, 0.29) is 27.0 Å². The molecule has 0 unspecified atom stereocenters. The molecular weight excluding hydrogens is 423 g/mol. The number of benzene rings is 1. The molecule has 0 bridgehead atoms. The summed E-state index contributed by atoms with van der Waals surface area (Å²) in [5, 5.41) is 4.48. The Labute approximate surface area is 174 Å². The van der Waals surface area contributed by atoms with Gasteiger partial charge in [-0.15, -0.1) is 0 Å². The van der Waals surface area contributed by atoms with Gasteiger partial charge in [-0.25, -0.2) is 8.42 Å². The second-order valence-corrected chi connectivity index (χ2v) is 9.42. The monoisotopic (exact) mass is 444 g/mol. The van der Waals surface area contributed by atoms with Gasteiger partial charge in [0.25, 0.3) is 5.91 Å². The zero-order chi connectivity index (χ0) is 20.5. The molecule has 0 saturated carbocycles. The van der Waals surface area contributed by atoms with Gasteiger partial charge in [0, 0.05) is 32.9 Å². The number of aromatic nitrogens is 2. The van der Waals surface area contributed by atoms with Crippen molar-refractivity contribution < 1.29 is 13.2 Å². The first-order chi connectivity index (χ1) is 13.2. The van der Waals surface area contributed by atoms with E-state index in [4.69, 9.17) is 23.2 Å². The van der Waals surface area contributed by atoms with Crippen molar-refractivity contribution in [1.29, 1.82) is 0 Å². The number of nitrogens with zero attached hydrogens (tertiary/aromatic N) is 4. The van der Waals surface area contributed by atoms with Crippen LogP contribution in [-0.2, 0) is 23.1 Å². The summed E-state index contributed by atoms with van der Waals surface area (Å²) in [7, 11) is -2.15. The summed E-state index contributed by atoms with van der Waals surface area (Å²) in [6, 6.07) is 4.43. The topological polar surface area (TPSA) is 75.5 Å². The van der Waals surface area contributed by atoms with Gasteiger partial charge < -0.3 is 4.90 Å². The minimum atomic E-state index is -3.77. The summed E-state index contributed by atoms with van der Waals surface area (Å²) in [5.41, 5.74) is 0.828. The second kappa shape index (κ2) is 8.41. The zero-order valence-electron chi connectivity index (χ0n) is 15.7. The largest absolute Gasteiger partial charge is 0.336 e. The van der Waals surface area contributed by atoms with Crippen molar-refractivity contribution in [3.05, 3.63) is 45.7 Å². The maximum Gasteiger partial charge on any atom is 0.255 e. The fourth-order valence-electron chi connectivity index (χ4n) is 3.14. The Morgan fingerprint density at radius 2 is 1.89 bits per heavy atom. The molecule has 1 saturated heterocycles. The molecule has 3 rings (SSSR count). The van der Waals surface area contributed by atoms with Gasteiger partial charge in [0.05, 0.1) is 27.8 Å². The van der Waals surface area contributed by atoms with Crippen LogP contribution in [0.25, 0.3) is 0 Å². The highest BCUT2D eigenvalue weighted by Gasteiger charge is 2.31. The van der Waals surface area contributed by atoms with Crippen LogP contribution in [0.2, 0.25) is 10.0 Å². The molecule has 1 aliphatic heterocycles. The molecule has 0 N–H and O–H groups in total. The van der Waals surface area contributed by atoms with Crippen molar-refractivity contribution in [1.82, 2.24) is 19.0 Å². The summed E-state index contributed by atoms with van der Waals surface area (Å²) >= 11 is 12.4. The van der Waals surface area contributed by atoms with E-state index in [1.54, 1.807) is 11.7 Å². The molecule has 7 nitrogen and oxygen atoms in total.